The zero-order valence-electron chi connectivity index (χ0n) is 14.4. The standard InChI is InChI=1S/C18H26ClNO4/c1-12(2)9-15(17(20)18(22)24-13(3)19)10-16(21)23-11-14-7-5-4-6-8-14/h4-8,12-13,15,17H,9-11,20H2,1-3H3. The molecule has 1 aromatic rings. The van der Waals surface area contributed by atoms with Crippen LogP contribution in [0.5, 0.6) is 0 Å². The first-order valence-electron chi connectivity index (χ1n) is 8.09. The summed E-state index contributed by atoms with van der Waals surface area (Å²) in [6, 6.07) is 8.51. The molecule has 24 heavy (non-hydrogen) atoms. The molecule has 0 fully saturated rings. The topological polar surface area (TPSA) is 78.6 Å². The molecule has 6 heteroatoms. The first kappa shape index (κ1) is 20.5. The molecule has 1 aromatic carbocycles. The molecule has 3 atom stereocenters. The number of rotatable bonds is 9. The van der Waals surface area contributed by atoms with E-state index < -0.39 is 17.6 Å². The SMILES string of the molecule is CC(C)CC(CC(=O)OCc1ccccc1)C(N)C(=O)OC(C)Cl. The van der Waals surface area contributed by atoms with Crippen LogP contribution in [-0.2, 0) is 25.7 Å². The molecule has 1 rings (SSSR count). The van der Waals surface area contributed by atoms with E-state index in [2.05, 4.69) is 0 Å². The van der Waals surface area contributed by atoms with Gasteiger partial charge in [-0.2, -0.15) is 0 Å². The third-order valence-corrected chi connectivity index (χ3v) is 3.59. The first-order valence-corrected chi connectivity index (χ1v) is 8.53. The van der Waals surface area contributed by atoms with Crippen molar-refractivity contribution in [2.24, 2.45) is 17.6 Å². The van der Waals surface area contributed by atoms with Gasteiger partial charge in [-0.25, -0.2) is 0 Å². The normalized spacial score (nSPS) is 14.8. The van der Waals surface area contributed by atoms with E-state index in [4.69, 9.17) is 26.8 Å². The molecule has 0 spiro atoms. The third-order valence-electron chi connectivity index (χ3n) is 3.50. The zero-order chi connectivity index (χ0) is 18.1. The maximum absolute atomic E-state index is 12.1. The zero-order valence-corrected chi connectivity index (χ0v) is 15.2. The number of ether oxygens (including phenoxy) is 2. The Bertz CT molecular complexity index is 519. The fraction of sp³-hybridized carbons (Fsp3) is 0.556. The van der Waals surface area contributed by atoms with Crippen LogP contribution in [0.4, 0.5) is 0 Å². The summed E-state index contributed by atoms with van der Waals surface area (Å²) in [4.78, 5) is 24.1. The highest BCUT2D eigenvalue weighted by Gasteiger charge is 2.30. The van der Waals surface area contributed by atoms with E-state index in [1.807, 2.05) is 44.2 Å². The van der Waals surface area contributed by atoms with Crippen LogP contribution in [0.3, 0.4) is 0 Å². The second kappa shape index (κ2) is 10.3. The van der Waals surface area contributed by atoms with Gasteiger partial charge >= 0.3 is 11.9 Å². The van der Waals surface area contributed by atoms with Crippen molar-refractivity contribution in [2.75, 3.05) is 0 Å². The highest BCUT2D eigenvalue weighted by molar-refractivity contribution is 6.20. The first-order chi connectivity index (χ1) is 11.3. The lowest BCUT2D eigenvalue weighted by Crippen LogP contribution is -2.41. The molecule has 0 heterocycles. The number of nitrogens with two attached hydrogens (primary N) is 1. The molecule has 5 nitrogen and oxygen atoms in total. The Morgan fingerprint density at radius 3 is 2.33 bits per heavy atom. The molecule has 0 bridgehead atoms. The van der Waals surface area contributed by atoms with E-state index in [1.54, 1.807) is 0 Å². The average molecular weight is 356 g/mol. The van der Waals surface area contributed by atoms with Gasteiger partial charge in [-0.15, -0.1) is 0 Å². The lowest BCUT2D eigenvalue weighted by molar-refractivity contribution is -0.150. The van der Waals surface area contributed by atoms with Gasteiger partial charge in [-0.05, 0) is 30.7 Å². The molecule has 0 aliphatic heterocycles. The summed E-state index contributed by atoms with van der Waals surface area (Å²) in [7, 11) is 0. The third kappa shape index (κ3) is 7.79. The predicted molar refractivity (Wildman–Crippen MR) is 93.2 cm³/mol. The van der Waals surface area contributed by atoms with Crippen molar-refractivity contribution in [2.45, 2.75) is 51.8 Å². The van der Waals surface area contributed by atoms with Crippen molar-refractivity contribution in [3.8, 4) is 0 Å². The van der Waals surface area contributed by atoms with Gasteiger partial charge in [-0.1, -0.05) is 55.8 Å². The number of hydrogen-bond donors (Lipinski definition) is 1. The summed E-state index contributed by atoms with van der Waals surface area (Å²) in [5.41, 5.74) is 6.12. The van der Waals surface area contributed by atoms with E-state index in [1.165, 1.54) is 6.92 Å². The lowest BCUT2D eigenvalue weighted by Gasteiger charge is -2.24. The maximum atomic E-state index is 12.1. The Kier molecular flexibility index (Phi) is 8.79. The van der Waals surface area contributed by atoms with E-state index >= 15 is 0 Å². The Morgan fingerprint density at radius 1 is 1.17 bits per heavy atom. The number of alkyl halides is 1. The summed E-state index contributed by atoms with van der Waals surface area (Å²) in [5.74, 6) is -1.05. The summed E-state index contributed by atoms with van der Waals surface area (Å²) < 4.78 is 10.2. The molecule has 0 aromatic heterocycles. The minimum atomic E-state index is -0.905. The summed E-state index contributed by atoms with van der Waals surface area (Å²) in [5, 5.41) is 0. The van der Waals surface area contributed by atoms with Crippen LogP contribution in [0.25, 0.3) is 0 Å². The number of carbonyl (C=O) groups is 2. The molecule has 0 aliphatic carbocycles. The molecule has 0 amide bonds. The minimum Gasteiger partial charge on any atom is -0.461 e. The van der Waals surface area contributed by atoms with Crippen molar-refractivity contribution >= 4 is 23.5 Å². The van der Waals surface area contributed by atoms with Gasteiger partial charge in [0.25, 0.3) is 0 Å². The number of carbonyl (C=O) groups excluding carboxylic acids is 2. The van der Waals surface area contributed by atoms with Gasteiger partial charge in [0.15, 0.2) is 5.56 Å². The fourth-order valence-electron chi connectivity index (χ4n) is 2.40. The Morgan fingerprint density at radius 2 is 1.79 bits per heavy atom. The number of hydrogen-bond acceptors (Lipinski definition) is 5. The monoisotopic (exact) mass is 355 g/mol. The Balaban J connectivity index is 2.60. The summed E-state index contributed by atoms with van der Waals surface area (Å²) in [6.45, 7) is 5.75. The number of benzene rings is 1. The fourth-order valence-corrected chi connectivity index (χ4v) is 2.49. The van der Waals surface area contributed by atoms with Crippen molar-refractivity contribution < 1.29 is 19.1 Å². The lowest BCUT2D eigenvalue weighted by atomic mass is 9.88. The molecular weight excluding hydrogens is 330 g/mol. The van der Waals surface area contributed by atoms with Crippen LogP contribution in [0.2, 0.25) is 0 Å². The minimum absolute atomic E-state index is 0.0674. The van der Waals surface area contributed by atoms with E-state index in [9.17, 15) is 9.59 Å². The van der Waals surface area contributed by atoms with Crippen molar-refractivity contribution in [1.29, 1.82) is 0 Å². The maximum Gasteiger partial charge on any atom is 0.324 e. The average Bonchev–Trinajstić information content (AvgIpc) is 2.51. The molecule has 3 unspecified atom stereocenters. The Labute approximate surface area is 148 Å². The summed E-state index contributed by atoms with van der Waals surface area (Å²) in [6.07, 6.45) is 0.686. The van der Waals surface area contributed by atoms with Crippen LogP contribution in [0.15, 0.2) is 30.3 Å². The Hall–Kier alpha value is -1.59. The van der Waals surface area contributed by atoms with Gasteiger partial charge in [0, 0.05) is 0 Å². The predicted octanol–water partition coefficient (Wildman–Crippen LogP) is 3.24. The highest BCUT2D eigenvalue weighted by Crippen LogP contribution is 2.21. The number of halogens is 1. The van der Waals surface area contributed by atoms with E-state index in [-0.39, 0.29) is 30.8 Å². The molecular formula is C18H26ClNO4. The second-order valence-corrected chi connectivity index (χ2v) is 6.86. The van der Waals surface area contributed by atoms with Gasteiger partial charge in [0.05, 0.1) is 6.42 Å². The van der Waals surface area contributed by atoms with Crippen molar-refractivity contribution in [3.63, 3.8) is 0 Å². The molecule has 2 N–H and O–H groups in total. The van der Waals surface area contributed by atoms with Gasteiger partial charge in [0.2, 0.25) is 0 Å². The summed E-state index contributed by atoms with van der Waals surface area (Å²) >= 11 is 5.66. The van der Waals surface area contributed by atoms with Crippen LogP contribution >= 0.6 is 11.6 Å². The molecule has 0 saturated heterocycles. The van der Waals surface area contributed by atoms with Crippen LogP contribution < -0.4 is 5.73 Å². The molecule has 0 saturated carbocycles. The van der Waals surface area contributed by atoms with Crippen LogP contribution in [-0.4, -0.2) is 23.5 Å². The quantitative estimate of drug-likeness (QED) is 0.543. The smallest absolute Gasteiger partial charge is 0.324 e. The van der Waals surface area contributed by atoms with Crippen molar-refractivity contribution in [3.05, 3.63) is 35.9 Å². The molecule has 0 radical (unpaired) electrons. The van der Waals surface area contributed by atoms with Crippen LogP contribution in [0.1, 0.15) is 39.2 Å². The molecule has 134 valence electrons. The second-order valence-electron chi connectivity index (χ2n) is 6.25. The molecule has 0 aliphatic rings. The van der Waals surface area contributed by atoms with E-state index in [0.717, 1.165) is 5.56 Å². The van der Waals surface area contributed by atoms with Gasteiger partial charge < -0.3 is 15.2 Å². The highest BCUT2D eigenvalue weighted by atomic mass is 35.5. The van der Waals surface area contributed by atoms with Gasteiger partial charge in [-0.3, -0.25) is 9.59 Å². The van der Waals surface area contributed by atoms with Crippen molar-refractivity contribution in [1.82, 2.24) is 0 Å². The van der Waals surface area contributed by atoms with Crippen LogP contribution in [0, 0.1) is 11.8 Å². The largest absolute Gasteiger partial charge is 0.461 e. The number of esters is 2. The van der Waals surface area contributed by atoms with Gasteiger partial charge in [0.1, 0.15) is 12.6 Å². The van der Waals surface area contributed by atoms with E-state index in [0.29, 0.717) is 6.42 Å².